The highest BCUT2D eigenvalue weighted by molar-refractivity contribution is 7.16. The molecule has 1 aliphatic rings. The van der Waals surface area contributed by atoms with Gasteiger partial charge in [0.25, 0.3) is 0 Å². The largest absolute Gasteiger partial charge is 0.483 e. The van der Waals surface area contributed by atoms with Crippen LogP contribution in [0, 0.1) is 0 Å². The molecule has 2 atom stereocenters. The zero-order valence-electron chi connectivity index (χ0n) is 11.5. The van der Waals surface area contributed by atoms with Gasteiger partial charge < -0.3 is 19.9 Å². The highest BCUT2D eigenvalue weighted by atomic mass is 35.5. The summed E-state index contributed by atoms with van der Waals surface area (Å²) in [7, 11) is 0. The quantitative estimate of drug-likeness (QED) is 0.903. The van der Waals surface area contributed by atoms with E-state index in [1.807, 2.05) is 37.3 Å². The summed E-state index contributed by atoms with van der Waals surface area (Å²) in [6.45, 7) is 2.28. The molecule has 1 aromatic heterocycles. The lowest BCUT2D eigenvalue weighted by molar-refractivity contribution is 0.169. The number of nitrogens with two attached hydrogens (primary N) is 1. The third-order valence-corrected chi connectivity index (χ3v) is 4.63. The molecular formula is C15H16ClNO3S. The molecule has 2 aromatic rings. The Morgan fingerprint density at radius 2 is 2.10 bits per heavy atom. The maximum Gasteiger partial charge on any atom is 0.231 e. The van der Waals surface area contributed by atoms with Gasteiger partial charge in [-0.25, -0.2) is 0 Å². The number of halogens is 1. The normalized spacial score (nSPS) is 15.8. The summed E-state index contributed by atoms with van der Waals surface area (Å²) >= 11 is 7.51. The molecule has 0 spiro atoms. The molecule has 2 heterocycles. The molecule has 112 valence electrons. The van der Waals surface area contributed by atoms with Crippen LogP contribution in [0.5, 0.6) is 17.2 Å². The molecule has 2 unspecified atom stereocenters. The SMILES string of the molecule is CCC(N)C(Oc1ccc2c(c1)OCO2)c1ccc(Cl)s1. The number of rotatable bonds is 5. The summed E-state index contributed by atoms with van der Waals surface area (Å²) in [4.78, 5) is 1.02. The van der Waals surface area contributed by atoms with Crippen LogP contribution in [-0.2, 0) is 0 Å². The second kappa shape index (κ2) is 6.13. The van der Waals surface area contributed by atoms with Crippen molar-refractivity contribution in [2.24, 2.45) is 5.73 Å². The average molecular weight is 326 g/mol. The molecule has 6 heteroatoms. The second-order valence-corrected chi connectivity index (χ2v) is 6.51. The topological polar surface area (TPSA) is 53.7 Å². The van der Waals surface area contributed by atoms with Crippen molar-refractivity contribution < 1.29 is 14.2 Å². The number of ether oxygens (including phenoxy) is 3. The van der Waals surface area contributed by atoms with E-state index in [1.165, 1.54) is 11.3 Å². The Morgan fingerprint density at radius 3 is 2.81 bits per heavy atom. The fraction of sp³-hybridized carbons (Fsp3) is 0.333. The smallest absolute Gasteiger partial charge is 0.231 e. The first-order valence-corrected chi connectivity index (χ1v) is 7.94. The molecule has 21 heavy (non-hydrogen) atoms. The third kappa shape index (κ3) is 3.10. The Bertz CT molecular complexity index is 631. The lowest BCUT2D eigenvalue weighted by Crippen LogP contribution is -2.30. The molecule has 0 amide bonds. The Morgan fingerprint density at radius 1 is 1.29 bits per heavy atom. The van der Waals surface area contributed by atoms with Gasteiger partial charge in [0, 0.05) is 17.0 Å². The summed E-state index contributed by atoms with van der Waals surface area (Å²) in [5.41, 5.74) is 6.20. The van der Waals surface area contributed by atoms with Gasteiger partial charge in [-0.15, -0.1) is 11.3 Å². The molecule has 0 saturated heterocycles. The number of thiophene rings is 1. The number of benzene rings is 1. The highest BCUT2D eigenvalue weighted by Gasteiger charge is 2.23. The lowest BCUT2D eigenvalue weighted by Gasteiger charge is -2.23. The van der Waals surface area contributed by atoms with Gasteiger partial charge in [-0.05, 0) is 30.7 Å². The monoisotopic (exact) mass is 325 g/mol. The third-order valence-electron chi connectivity index (χ3n) is 3.34. The molecule has 0 radical (unpaired) electrons. The summed E-state index contributed by atoms with van der Waals surface area (Å²) < 4.78 is 17.5. The van der Waals surface area contributed by atoms with Gasteiger partial charge in [0.2, 0.25) is 6.79 Å². The maximum absolute atomic E-state index is 6.20. The van der Waals surface area contributed by atoms with Crippen LogP contribution in [0.25, 0.3) is 0 Å². The van der Waals surface area contributed by atoms with Crippen molar-refractivity contribution in [1.82, 2.24) is 0 Å². The standard InChI is InChI=1S/C15H16ClNO3S/c1-2-10(17)15(13-5-6-14(16)21-13)20-9-3-4-11-12(7-9)19-8-18-11/h3-7,10,15H,2,8,17H2,1H3. The number of fused-ring (bicyclic) bond motifs is 1. The van der Waals surface area contributed by atoms with E-state index < -0.39 is 0 Å². The van der Waals surface area contributed by atoms with E-state index in [9.17, 15) is 0 Å². The van der Waals surface area contributed by atoms with E-state index in [1.54, 1.807) is 0 Å². The first-order valence-electron chi connectivity index (χ1n) is 6.74. The van der Waals surface area contributed by atoms with Gasteiger partial charge in [0.1, 0.15) is 11.9 Å². The van der Waals surface area contributed by atoms with E-state index in [-0.39, 0.29) is 18.9 Å². The first-order chi connectivity index (χ1) is 10.2. The van der Waals surface area contributed by atoms with Gasteiger partial charge in [-0.2, -0.15) is 0 Å². The van der Waals surface area contributed by atoms with Crippen molar-refractivity contribution in [1.29, 1.82) is 0 Å². The van der Waals surface area contributed by atoms with Crippen LogP contribution in [0.1, 0.15) is 24.3 Å². The van der Waals surface area contributed by atoms with Gasteiger partial charge in [0.15, 0.2) is 11.5 Å². The molecule has 1 aromatic carbocycles. The van der Waals surface area contributed by atoms with Crippen molar-refractivity contribution in [3.8, 4) is 17.2 Å². The fourth-order valence-corrected chi connectivity index (χ4v) is 3.32. The van der Waals surface area contributed by atoms with E-state index in [0.717, 1.165) is 21.4 Å². The molecule has 2 N–H and O–H groups in total. The summed E-state index contributed by atoms with van der Waals surface area (Å²) in [6.07, 6.45) is 0.581. The van der Waals surface area contributed by atoms with Crippen molar-refractivity contribution in [2.75, 3.05) is 6.79 Å². The minimum atomic E-state index is -0.229. The van der Waals surface area contributed by atoms with E-state index in [2.05, 4.69) is 0 Å². The van der Waals surface area contributed by atoms with Crippen LogP contribution in [0.2, 0.25) is 4.34 Å². The van der Waals surface area contributed by atoms with Crippen LogP contribution < -0.4 is 19.9 Å². The van der Waals surface area contributed by atoms with Crippen molar-refractivity contribution >= 4 is 22.9 Å². The molecule has 1 aliphatic heterocycles. The van der Waals surface area contributed by atoms with Gasteiger partial charge in [-0.3, -0.25) is 0 Å². The van der Waals surface area contributed by atoms with Crippen molar-refractivity contribution in [2.45, 2.75) is 25.5 Å². The van der Waals surface area contributed by atoms with Crippen LogP contribution in [0.4, 0.5) is 0 Å². The van der Waals surface area contributed by atoms with Crippen LogP contribution >= 0.6 is 22.9 Å². The van der Waals surface area contributed by atoms with Crippen LogP contribution in [0.3, 0.4) is 0 Å². The van der Waals surface area contributed by atoms with E-state index in [4.69, 9.17) is 31.5 Å². The summed E-state index contributed by atoms with van der Waals surface area (Å²) in [6, 6.07) is 9.24. The Kier molecular flexibility index (Phi) is 4.24. The summed E-state index contributed by atoms with van der Waals surface area (Å²) in [5, 5.41) is 0. The van der Waals surface area contributed by atoms with Gasteiger partial charge in [0.05, 0.1) is 4.34 Å². The zero-order valence-corrected chi connectivity index (χ0v) is 13.1. The second-order valence-electron chi connectivity index (χ2n) is 4.77. The Hall–Kier alpha value is -1.43. The minimum Gasteiger partial charge on any atom is -0.483 e. The zero-order chi connectivity index (χ0) is 14.8. The molecule has 0 bridgehead atoms. The highest BCUT2D eigenvalue weighted by Crippen LogP contribution is 2.38. The maximum atomic E-state index is 6.20. The molecule has 0 saturated carbocycles. The lowest BCUT2D eigenvalue weighted by atomic mass is 10.1. The average Bonchev–Trinajstić information content (AvgIpc) is 3.12. The Labute approximate surface area is 132 Å². The molecule has 3 rings (SSSR count). The summed E-state index contributed by atoms with van der Waals surface area (Å²) in [5.74, 6) is 2.14. The molecule has 4 nitrogen and oxygen atoms in total. The van der Waals surface area contributed by atoms with Gasteiger partial charge >= 0.3 is 0 Å². The predicted molar refractivity (Wildman–Crippen MR) is 83.5 cm³/mol. The van der Waals surface area contributed by atoms with Crippen LogP contribution in [0.15, 0.2) is 30.3 Å². The fourth-order valence-electron chi connectivity index (χ4n) is 2.15. The van der Waals surface area contributed by atoms with Gasteiger partial charge in [-0.1, -0.05) is 18.5 Å². The number of hydrogen-bond donors (Lipinski definition) is 1. The molecular weight excluding hydrogens is 310 g/mol. The van der Waals surface area contributed by atoms with E-state index in [0.29, 0.717) is 11.5 Å². The number of hydrogen-bond acceptors (Lipinski definition) is 5. The van der Waals surface area contributed by atoms with Crippen LogP contribution in [-0.4, -0.2) is 12.8 Å². The predicted octanol–water partition coefficient (Wildman–Crippen LogP) is 3.99. The van der Waals surface area contributed by atoms with E-state index >= 15 is 0 Å². The molecule has 0 fully saturated rings. The minimum absolute atomic E-state index is 0.106. The van der Waals surface area contributed by atoms with Crippen molar-refractivity contribution in [3.05, 3.63) is 39.5 Å². The van der Waals surface area contributed by atoms with Crippen molar-refractivity contribution in [3.63, 3.8) is 0 Å². The Balaban J connectivity index is 1.84. The first kappa shape index (κ1) is 14.5. The molecule has 0 aliphatic carbocycles.